The summed E-state index contributed by atoms with van der Waals surface area (Å²) in [5, 5.41) is 2.77. The summed E-state index contributed by atoms with van der Waals surface area (Å²) in [5.74, 6) is 6.25. The zero-order valence-electron chi connectivity index (χ0n) is 20.2. The van der Waals surface area contributed by atoms with Crippen LogP contribution in [-0.4, -0.2) is 42.6 Å². The van der Waals surface area contributed by atoms with Crippen LogP contribution in [0.1, 0.15) is 42.9 Å². The maximum atomic E-state index is 12.6. The Morgan fingerprint density at radius 3 is 2.61 bits per heavy atom. The van der Waals surface area contributed by atoms with E-state index in [9.17, 15) is 9.59 Å². The highest BCUT2D eigenvalue weighted by atomic mass is 16.2. The molecule has 0 atom stereocenters. The van der Waals surface area contributed by atoms with Gasteiger partial charge in [0.15, 0.2) is 0 Å². The molecule has 3 N–H and O–H groups in total. The quantitative estimate of drug-likeness (QED) is 0.370. The number of hydrogen-bond donors (Lipinski definition) is 2. The van der Waals surface area contributed by atoms with Gasteiger partial charge in [-0.1, -0.05) is 37.5 Å². The SMILES string of the molecule is CC#CC(=O)N(CCCC)Cc1nc(-c2ccc(C(=O)Nc3ccccn3)cc2)c2c(N)nccn12. The van der Waals surface area contributed by atoms with Gasteiger partial charge < -0.3 is 16.0 Å². The highest BCUT2D eigenvalue weighted by Crippen LogP contribution is 2.29. The monoisotopic (exact) mass is 481 g/mol. The lowest BCUT2D eigenvalue weighted by Gasteiger charge is -2.19. The molecule has 182 valence electrons. The van der Waals surface area contributed by atoms with Crippen molar-refractivity contribution in [1.82, 2.24) is 24.3 Å². The second-order valence-corrected chi connectivity index (χ2v) is 8.11. The number of nitrogens with one attached hydrogen (secondary N) is 1. The topological polar surface area (TPSA) is 119 Å². The number of benzene rings is 1. The first-order chi connectivity index (χ1) is 17.5. The highest BCUT2D eigenvalue weighted by Gasteiger charge is 2.20. The third-order valence-electron chi connectivity index (χ3n) is 5.62. The maximum absolute atomic E-state index is 12.6. The van der Waals surface area contributed by atoms with Crippen molar-refractivity contribution in [3.05, 3.63) is 72.4 Å². The number of fused-ring (bicyclic) bond motifs is 1. The van der Waals surface area contributed by atoms with E-state index in [1.54, 1.807) is 60.7 Å². The van der Waals surface area contributed by atoms with E-state index in [-0.39, 0.29) is 18.4 Å². The molecule has 0 saturated heterocycles. The summed E-state index contributed by atoms with van der Waals surface area (Å²) in [6, 6.07) is 12.4. The molecule has 0 aliphatic carbocycles. The molecule has 0 aliphatic heterocycles. The fraction of sp³-hybridized carbons (Fsp3) is 0.222. The molecule has 0 bridgehead atoms. The first-order valence-electron chi connectivity index (χ1n) is 11.7. The van der Waals surface area contributed by atoms with Gasteiger partial charge >= 0.3 is 0 Å². The summed E-state index contributed by atoms with van der Waals surface area (Å²) in [5.41, 5.74) is 8.76. The third-order valence-corrected chi connectivity index (χ3v) is 5.62. The number of unbranched alkanes of at least 4 members (excludes halogenated alkanes) is 1. The molecule has 36 heavy (non-hydrogen) atoms. The van der Waals surface area contributed by atoms with Crippen LogP contribution in [0.2, 0.25) is 0 Å². The number of anilines is 2. The van der Waals surface area contributed by atoms with Crippen molar-refractivity contribution in [1.29, 1.82) is 0 Å². The lowest BCUT2D eigenvalue weighted by atomic mass is 10.1. The van der Waals surface area contributed by atoms with Crippen LogP contribution >= 0.6 is 0 Å². The van der Waals surface area contributed by atoms with Crippen molar-refractivity contribution >= 4 is 29.0 Å². The van der Waals surface area contributed by atoms with Gasteiger partial charge in [0, 0.05) is 36.3 Å². The number of rotatable bonds is 8. The minimum Gasteiger partial charge on any atom is -0.382 e. The summed E-state index contributed by atoms with van der Waals surface area (Å²) in [4.78, 5) is 40.1. The number of carbonyl (C=O) groups is 2. The van der Waals surface area contributed by atoms with E-state index in [0.717, 1.165) is 18.4 Å². The van der Waals surface area contributed by atoms with E-state index in [2.05, 4.69) is 34.0 Å². The van der Waals surface area contributed by atoms with Crippen molar-refractivity contribution in [3.63, 3.8) is 0 Å². The lowest BCUT2D eigenvalue weighted by Crippen LogP contribution is -2.31. The molecule has 0 aliphatic rings. The molecule has 0 fully saturated rings. The first-order valence-corrected chi connectivity index (χ1v) is 11.7. The Hall–Kier alpha value is -4.71. The minimum atomic E-state index is -0.265. The van der Waals surface area contributed by atoms with Gasteiger partial charge in [-0.2, -0.15) is 0 Å². The number of aromatic nitrogens is 4. The molecule has 3 heterocycles. The van der Waals surface area contributed by atoms with Crippen molar-refractivity contribution in [2.45, 2.75) is 33.2 Å². The smallest absolute Gasteiger partial charge is 0.298 e. The number of amides is 2. The number of nitrogen functional groups attached to an aromatic ring is 1. The average Bonchev–Trinajstić information content (AvgIpc) is 3.27. The fourth-order valence-electron chi connectivity index (χ4n) is 3.80. The Morgan fingerprint density at radius 1 is 1.11 bits per heavy atom. The zero-order chi connectivity index (χ0) is 25.5. The molecule has 0 radical (unpaired) electrons. The maximum Gasteiger partial charge on any atom is 0.298 e. The molecular weight excluding hydrogens is 454 g/mol. The second kappa shape index (κ2) is 11.1. The van der Waals surface area contributed by atoms with Gasteiger partial charge in [-0.3, -0.25) is 14.0 Å². The zero-order valence-corrected chi connectivity index (χ0v) is 20.2. The highest BCUT2D eigenvalue weighted by molar-refractivity contribution is 6.04. The third kappa shape index (κ3) is 5.33. The number of imidazole rings is 1. The van der Waals surface area contributed by atoms with E-state index >= 15 is 0 Å². The molecule has 0 unspecified atom stereocenters. The predicted octanol–water partition coefficient (Wildman–Crippen LogP) is 3.78. The standard InChI is InChI=1S/C27H27N7O2/c1-3-5-16-33(23(35)8-4-2)18-22-32-24(25-26(28)30-15-17-34(22)25)19-10-12-20(13-11-19)27(36)31-21-9-6-7-14-29-21/h6-7,9-15,17H,3,5,16,18H2,1-2H3,(H2,28,30)(H,29,31,36). The van der Waals surface area contributed by atoms with Gasteiger partial charge in [0.25, 0.3) is 11.8 Å². The molecule has 0 saturated carbocycles. The van der Waals surface area contributed by atoms with Crippen molar-refractivity contribution in [3.8, 4) is 23.1 Å². The van der Waals surface area contributed by atoms with E-state index in [0.29, 0.717) is 40.8 Å². The van der Waals surface area contributed by atoms with E-state index in [1.807, 2.05) is 16.5 Å². The van der Waals surface area contributed by atoms with Crippen LogP contribution in [0, 0.1) is 11.8 Å². The predicted molar refractivity (Wildman–Crippen MR) is 139 cm³/mol. The molecular formula is C27H27N7O2. The normalized spacial score (nSPS) is 10.5. The summed E-state index contributed by atoms with van der Waals surface area (Å²) < 4.78 is 1.85. The van der Waals surface area contributed by atoms with Gasteiger partial charge in [0.2, 0.25) is 0 Å². The van der Waals surface area contributed by atoms with Crippen LogP contribution in [0.5, 0.6) is 0 Å². The Balaban J connectivity index is 1.66. The van der Waals surface area contributed by atoms with Crippen LogP contribution in [0.3, 0.4) is 0 Å². The Morgan fingerprint density at radius 2 is 1.92 bits per heavy atom. The Kier molecular flexibility index (Phi) is 7.56. The lowest BCUT2D eigenvalue weighted by molar-refractivity contribution is -0.125. The van der Waals surface area contributed by atoms with Crippen LogP contribution < -0.4 is 11.1 Å². The largest absolute Gasteiger partial charge is 0.382 e. The van der Waals surface area contributed by atoms with Gasteiger partial charge in [0.1, 0.15) is 28.7 Å². The van der Waals surface area contributed by atoms with Crippen molar-refractivity contribution < 1.29 is 9.59 Å². The average molecular weight is 482 g/mol. The summed E-state index contributed by atoms with van der Waals surface area (Å²) in [6.45, 7) is 4.58. The number of carbonyl (C=O) groups excluding carboxylic acids is 2. The Labute approximate surface area is 209 Å². The molecule has 1 aromatic carbocycles. The molecule has 3 aromatic heterocycles. The number of pyridine rings is 1. The van der Waals surface area contributed by atoms with Crippen LogP contribution in [0.25, 0.3) is 16.8 Å². The molecule has 2 amide bonds. The van der Waals surface area contributed by atoms with E-state index < -0.39 is 0 Å². The molecule has 4 aromatic rings. The van der Waals surface area contributed by atoms with Gasteiger partial charge in [-0.15, -0.1) is 0 Å². The van der Waals surface area contributed by atoms with Gasteiger partial charge in [-0.05, 0) is 43.5 Å². The van der Waals surface area contributed by atoms with Gasteiger partial charge in [0.05, 0.1) is 6.54 Å². The van der Waals surface area contributed by atoms with Crippen molar-refractivity contribution in [2.75, 3.05) is 17.6 Å². The number of nitrogens with two attached hydrogens (primary N) is 1. The number of hydrogen-bond acceptors (Lipinski definition) is 6. The fourth-order valence-corrected chi connectivity index (χ4v) is 3.80. The summed E-state index contributed by atoms with van der Waals surface area (Å²) in [7, 11) is 0. The summed E-state index contributed by atoms with van der Waals surface area (Å²) in [6.07, 6.45) is 6.81. The van der Waals surface area contributed by atoms with E-state index in [1.165, 1.54) is 0 Å². The first kappa shape index (κ1) is 24.4. The van der Waals surface area contributed by atoms with Crippen LogP contribution in [0.15, 0.2) is 61.1 Å². The minimum absolute atomic E-state index is 0.241. The van der Waals surface area contributed by atoms with Crippen LogP contribution in [-0.2, 0) is 11.3 Å². The van der Waals surface area contributed by atoms with Crippen LogP contribution in [0.4, 0.5) is 11.6 Å². The van der Waals surface area contributed by atoms with Gasteiger partial charge in [-0.25, -0.2) is 15.0 Å². The molecule has 9 nitrogen and oxygen atoms in total. The van der Waals surface area contributed by atoms with E-state index in [4.69, 9.17) is 10.7 Å². The molecule has 0 spiro atoms. The number of nitrogens with zero attached hydrogens (tertiary/aromatic N) is 5. The second-order valence-electron chi connectivity index (χ2n) is 8.11. The summed E-state index contributed by atoms with van der Waals surface area (Å²) >= 11 is 0. The molecule has 9 heteroatoms. The molecule has 4 rings (SSSR count). The van der Waals surface area contributed by atoms with Crippen molar-refractivity contribution in [2.24, 2.45) is 0 Å². The Bertz CT molecular complexity index is 1430.